The maximum absolute atomic E-state index is 13.3. The van der Waals surface area contributed by atoms with Crippen LogP contribution in [0.2, 0.25) is 0 Å². The lowest BCUT2D eigenvalue weighted by atomic mass is 9.88. The molecule has 0 aromatic heterocycles. The molecule has 6 heteroatoms. The smallest absolute Gasteiger partial charge is 0.228 e. The molecule has 0 bridgehead atoms. The van der Waals surface area contributed by atoms with E-state index in [2.05, 4.69) is 22.9 Å². The maximum Gasteiger partial charge on any atom is 0.228 e. The molecule has 1 saturated heterocycles. The van der Waals surface area contributed by atoms with Crippen LogP contribution >= 0.6 is 0 Å². The Morgan fingerprint density at radius 1 is 1.41 bits per heavy atom. The van der Waals surface area contributed by atoms with Gasteiger partial charge in [-0.2, -0.15) is 0 Å². The summed E-state index contributed by atoms with van der Waals surface area (Å²) in [6, 6.07) is 4.28. The molecule has 118 valence electrons. The van der Waals surface area contributed by atoms with E-state index in [9.17, 15) is 14.0 Å². The summed E-state index contributed by atoms with van der Waals surface area (Å²) in [6.07, 6.45) is 0.978. The Hall–Kier alpha value is -1.95. The molecule has 3 rings (SSSR count). The molecule has 5 nitrogen and oxygen atoms in total. The number of hydrogen-bond acceptors (Lipinski definition) is 3. The Bertz CT molecular complexity index is 605. The van der Waals surface area contributed by atoms with Crippen molar-refractivity contribution in [3.8, 4) is 0 Å². The fourth-order valence-electron chi connectivity index (χ4n) is 3.18. The van der Waals surface area contributed by atoms with E-state index < -0.39 is 11.7 Å². The molecule has 3 N–H and O–H groups in total. The highest BCUT2D eigenvalue weighted by molar-refractivity contribution is 6.01. The van der Waals surface area contributed by atoms with Crippen molar-refractivity contribution in [3.63, 3.8) is 0 Å². The van der Waals surface area contributed by atoms with E-state index in [4.69, 9.17) is 0 Å². The van der Waals surface area contributed by atoms with Crippen LogP contribution in [-0.4, -0.2) is 30.9 Å². The summed E-state index contributed by atoms with van der Waals surface area (Å²) in [6.45, 7) is 3.84. The van der Waals surface area contributed by atoms with Gasteiger partial charge in [0.25, 0.3) is 0 Å². The van der Waals surface area contributed by atoms with Gasteiger partial charge in [-0.25, -0.2) is 4.39 Å². The van der Waals surface area contributed by atoms with Crippen molar-refractivity contribution in [2.24, 2.45) is 5.92 Å². The SMILES string of the molecule is CC1CNCCC1NC(=O)C1CC(=O)Nc2cc(F)ccc21. The predicted octanol–water partition coefficient (Wildman–Crippen LogP) is 1.37. The first-order chi connectivity index (χ1) is 10.5. The third-order valence-electron chi connectivity index (χ3n) is 4.48. The van der Waals surface area contributed by atoms with Gasteiger partial charge in [-0.05, 0) is 43.1 Å². The summed E-state index contributed by atoms with van der Waals surface area (Å²) in [5, 5.41) is 8.98. The minimum absolute atomic E-state index is 0.101. The summed E-state index contributed by atoms with van der Waals surface area (Å²) >= 11 is 0. The first-order valence-electron chi connectivity index (χ1n) is 7.65. The van der Waals surface area contributed by atoms with Crippen LogP contribution in [0.5, 0.6) is 0 Å². The Morgan fingerprint density at radius 2 is 2.23 bits per heavy atom. The van der Waals surface area contributed by atoms with E-state index in [0.29, 0.717) is 17.2 Å². The van der Waals surface area contributed by atoms with Gasteiger partial charge in [0.15, 0.2) is 0 Å². The molecule has 3 atom stereocenters. The van der Waals surface area contributed by atoms with E-state index >= 15 is 0 Å². The predicted molar refractivity (Wildman–Crippen MR) is 81.0 cm³/mol. The largest absolute Gasteiger partial charge is 0.352 e. The van der Waals surface area contributed by atoms with Gasteiger partial charge in [-0.15, -0.1) is 0 Å². The molecule has 0 spiro atoms. The molecule has 0 aliphatic carbocycles. The van der Waals surface area contributed by atoms with Gasteiger partial charge in [-0.3, -0.25) is 9.59 Å². The number of carbonyl (C=O) groups excluding carboxylic acids is 2. The number of carbonyl (C=O) groups is 2. The first kappa shape index (κ1) is 15.0. The first-order valence-corrected chi connectivity index (χ1v) is 7.65. The summed E-state index contributed by atoms with van der Waals surface area (Å²) in [7, 11) is 0. The Balaban J connectivity index is 1.79. The second-order valence-electron chi connectivity index (χ2n) is 6.12. The molecule has 1 aromatic rings. The topological polar surface area (TPSA) is 70.2 Å². The molecule has 2 heterocycles. The van der Waals surface area contributed by atoms with Crippen molar-refractivity contribution < 1.29 is 14.0 Å². The number of hydrogen-bond donors (Lipinski definition) is 3. The quantitative estimate of drug-likeness (QED) is 0.773. The van der Waals surface area contributed by atoms with Crippen LogP contribution in [0.1, 0.15) is 31.2 Å². The molecule has 0 saturated carbocycles. The third-order valence-corrected chi connectivity index (χ3v) is 4.48. The fraction of sp³-hybridized carbons (Fsp3) is 0.500. The van der Waals surface area contributed by atoms with E-state index in [-0.39, 0.29) is 24.3 Å². The Labute approximate surface area is 128 Å². The van der Waals surface area contributed by atoms with Crippen molar-refractivity contribution in [3.05, 3.63) is 29.6 Å². The van der Waals surface area contributed by atoms with E-state index in [1.165, 1.54) is 12.1 Å². The van der Waals surface area contributed by atoms with Gasteiger partial charge < -0.3 is 16.0 Å². The number of fused-ring (bicyclic) bond motifs is 1. The number of amides is 2. The van der Waals surface area contributed by atoms with Gasteiger partial charge in [0, 0.05) is 18.2 Å². The van der Waals surface area contributed by atoms with Crippen LogP contribution in [0.25, 0.3) is 0 Å². The van der Waals surface area contributed by atoms with Crippen molar-refractivity contribution in [1.82, 2.24) is 10.6 Å². The zero-order valence-corrected chi connectivity index (χ0v) is 12.5. The second kappa shape index (κ2) is 6.04. The van der Waals surface area contributed by atoms with Crippen molar-refractivity contribution >= 4 is 17.5 Å². The number of anilines is 1. The van der Waals surface area contributed by atoms with Crippen LogP contribution in [-0.2, 0) is 9.59 Å². The molecule has 1 fully saturated rings. The van der Waals surface area contributed by atoms with Crippen molar-refractivity contribution in [1.29, 1.82) is 0 Å². The average molecular weight is 305 g/mol. The summed E-state index contributed by atoms with van der Waals surface area (Å²) in [4.78, 5) is 24.4. The third kappa shape index (κ3) is 2.97. The van der Waals surface area contributed by atoms with E-state index in [0.717, 1.165) is 19.5 Å². The minimum atomic E-state index is -0.550. The number of nitrogens with one attached hydrogen (secondary N) is 3. The number of benzene rings is 1. The average Bonchev–Trinajstić information content (AvgIpc) is 2.48. The summed E-state index contributed by atoms with van der Waals surface area (Å²) < 4.78 is 13.3. The highest BCUT2D eigenvalue weighted by atomic mass is 19.1. The summed E-state index contributed by atoms with van der Waals surface area (Å²) in [5.74, 6) is -1.03. The fourth-order valence-corrected chi connectivity index (χ4v) is 3.18. The van der Waals surface area contributed by atoms with Crippen LogP contribution in [0.4, 0.5) is 10.1 Å². The molecule has 1 aromatic carbocycles. The number of piperidine rings is 1. The number of halogens is 1. The van der Waals surface area contributed by atoms with Crippen molar-refractivity contribution in [2.45, 2.75) is 31.7 Å². The van der Waals surface area contributed by atoms with Crippen LogP contribution < -0.4 is 16.0 Å². The van der Waals surface area contributed by atoms with Crippen LogP contribution in [0, 0.1) is 11.7 Å². The lowest BCUT2D eigenvalue weighted by molar-refractivity contribution is -0.127. The monoisotopic (exact) mass is 305 g/mol. The molecule has 2 aliphatic rings. The molecule has 2 amide bonds. The molecule has 0 radical (unpaired) electrons. The minimum Gasteiger partial charge on any atom is -0.352 e. The highest BCUT2D eigenvalue weighted by Gasteiger charge is 2.33. The van der Waals surface area contributed by atoms with Gasteiger partial charge in [0.05, 0.1) is 5.92 Å². The van der Waals surface area contributed by atoms with Gasteiger partial charge in [-0.1, -0.05) is 13.0 Å². The van der Waals surface area contributed by atoms with Crippen molar-refractivity contribution in [2.75, 3.05) is 18.4 Å². The maximum atomic E-state index is 13.3. The Morgan fingerprint density at radius 3 is 3.00 bits per heavy atom. The zero-order chi connectivity index (χ0) is 15.7. The lowest BCUT2D eigenvalue weighted by Crippen LogP contribution is -2.50. The standard InChI is InChI=1S/C16H20FN3O2/c1-9-8-18-5-4-13(9)20-16(22)12-7-15(21)19-14-6-10(17)2-3-11(12)14/h2-3,6,9,12-13,18H,4-5,7-8H2,1H3,(H,19,21)(H,20,22). The zero-order valence-electron chi connectivity index (χ0n) is 12.5. The second-order valence-corrected chi connectivity index (χ2v) is 6.12. The molecule has 2 aliphatic heterocycles. The summed E-state index contributed by atoms with van der Waals surface area (Å²) in [5.41, 5.74) is 1.08. The number of rotatable bonds is 2. The van der Waals surface area contributed by atoms with Crippen LogP contribution in [0.15, 0.2) is 18.2 Å². The van der Waals surface area contributed by atoms with E-state index in [1.54, 1.807) is 6.07 Å². The molecular weight excluding hydrogens is 285 g/mol. The highest BCUT2D eigenvalue weighted by Crippen LogP contribution is 2.33. The Kier molecular flexibility index (Phi) is 4.11. The lowest BCUT2D eigenvalue weighted by Gasteiger charge is -2.32. The van der Waals surface area contributed by atoms with Crippen LogP contribution in [0.3, 0.4) is 0 Å². The van der Waals surface area contributed by atoms with E-state index in [1.807, 2.05) is 0 Å². The van der Waals surface area contributed by atoms with Gasteiger partial charge in [0.1, 0.15) is 5.82 Å². The van der Waals surface area contributed by atoms with Gasteiger partial charge in [0.2, 0.25) is 11.8 Å². The normalized spacial score (nSPS) is 27.7. The molecular formula is C16H20FN3O2. The molecule has 22 heavy (non-hydrogen) atoms. The molecule has 3 unspecified atom stereocenters. The van der Waals surface area contributed by atoms with Gasteiger partial charge >= 0.3 is 0 Å².